The van der Waals surface area contributed by atoms with Gasteiger partial charge in [-0.2, -0.15) is 0 Å². The first-order valence-electron chi connectivity index (χ1n) is 6.73. The molecule has 2 aromatic carbocycles. The molecule has 0 N–H and O–H groups in total. The second kappa shape index (κ2) is 5.75. The minimum Gasteiger partial charge on any atom is -0.310 e. The van der Waals surface area contributed by atoms with E-state index in [4.69, 9.17) is 0 Å². The molecule has 0 aliphatic rings. The fourth-order valence-corrected chi connectivity index (χ4v) is 2.29. The Labute approximate surface area is 122 Å². The van der Waals surface area contributed by atoms with Crippen LogP contribution in [0, 0.1) is 5.82 Å². The van der Waals surface area contributed by atoms with E-state index in [2.05, 4.69) is 0 Å². The topological polar surface area (TPSA) is 22.0 Å². The molecular formula is C18H14FNO. The molecule has 1 aromatic heterocycles. The molecule has 0 aliphatic heterocycles. The number of aromatic nitrogens is 1. The molecule has 0 unspecified atom stereocenters. The Morgan fingerprint density at radius 2 is 1.57 bits per heavy atom. The van der Waals surface area contributed by atoms with Gasteiger partial charge in [-0.05, 0) is 17.7 Å². The molecule has 3 rings (SSSR count). The summed E-state index contributed by atoms with van der Waals surface area (Å²) in [5.74, 6) is -0.289. The smallest absolute Gasteiger partial charge is 0.250 e. The van der Waals surface area contributed by atoms with Gasteiger partial charge in [0, 0.05) is 23.4 Å². The molecule has 3 heteroatoms. The van der Waals surface area contributed by atoms with Crippen molar-refractivity contribution in [1.29, 1.82) is 0 Å². The third-order valence-electron chi connectivity index (χ3n) is 3.36. The van der Waals surface area contributed by atoms with Gasteiger partial charge >= 0.3 is 0 Å². The van der Waals surface area contributed by atoms with E-state index in [0.717, 1.165) is 5.56 Å². The Kier molecular flexibility index (Phi) is 3.65. The SMILES string of the molecule is O=c1ccc(-c2ccccc2F)cn1Cc1ccccc1. The second-order valence-electron chi connectivity index (χ2n) is 4.85. The van der Waals surface area contributed by atoms with Gasteiger partial charge in [0.05, 0.1) is 6.54 Å². The van der Waals surface area contributed by atoms with E-state index in [1.807, 2.05) is 30.3 Å². The summed E-state index contributed by atoms with van der Waals surface area (Å²) in [7, 11) is 0. The molecule has 0 fully saturated rings. The monoisotopic (exact) mass is 279 g/mol. The fourth-order valence-electron chi connectivity index (χ4n) is 2.29. The number of benzene rings is 2. The normalized spacial score (nSPS) is 10.5. The Bertz CT molecular complexity index is 809. The van der Waals surface area contributed by atoms with Crippen molar-refractivity contribution in [3.8, 4) is 11.1 Å². The summed E-state index contributed by atoms with van der Waals surface area (Å²) in [5, 5.41) is 0. The van der Waals surface area contributed by atoms with Gasteiger partial charge in [-0.1, -0.05) is 48.5 Å². The number of rotatable bonds is 3. The summed E-state index contributed by atoms with van der Waals surface area (Å²) in [6, 6.07) is 19.4. The summed E-state index contributed by atoms with van der Waals surface area (Å²) >= 11 is 0. The summed E-state index contributed by atoms with van der Waals surface area (Å²) in [4.78, 5) is 12.0. The van der Waals surface area contributed by atoms with E-state index in [1.54, 1.807) is 35.0 Å². The van der Waals surface area contributed by atoms with Crippen LogP contribution in [-0.2, 0) is 6.54 Å². The molecule has 0 atom stereocenters. The number of nitrogens with zero attached hydrogens (tertiary/aromatic N) is 1. The molecule has 0 aliphatic carbocycles. The van der Waals surface area contributed by atoms with E-state index in [1.165, 1.54) is 12.1 Å². The van der Waals surface area contributed by atoms with Gasteiger partial charge in [0.15, 0.2) is 0 Å². The maximum absolute atomic E-state index is 13.8. The predicted molar refractivity (Wildman–Crippen MR) is 81.6 cm³/mol. The quantitative estimate of drug-likeness (QED) is 0.716. The highest BCUT2D eigenvalue weighted by molar-refractivity contribution is 5.62. The van der Waals surface area contributed by atoms with Crippen LogP contribution in [0.5, 0.6) is 0 Å². The lowest BCUT2D eigenvalue weighted by Gasteiger charge is -2.09. The van der Waals surface area contributed by atoms with Crippen LogP contribution in [0.4, 0.5) is 4.39 Å². The van der Waals surface area contributed by atoms with Gasteiger partial charge in [0.25, 0.3) is 5.56 Å². The first-order chi connectivity index (χ1) is 10.2. The van der Waals surface area contributed by atoms with Gasteiger partial charge in [-0.3, -0.25) is 4.79 Å². The molecule has 3 aromatic rings. The average Bonchev–Trinajstić information content (AvgIpc) is 2.51. The Balaban J connectivity index is 2.01. The zero-order valence-electron chi connectivity index (χ0n) is 11.4. The van der Waals surface area contributed by atoms with E-state index in [9.17, 15) is 9.18 Å². The Morgan fingerprint density at radius 1 is 0.857 bits per heavy atom. The second-order valence-corrected chi connectivity index (χ2v) is 4.85. The molecule has 0 saturated heterocycles. The molecule has 0 bridgehead atoms. The molecule has 1 heterocycles. The number of halogens is 1. The fraction of sp³-hybridized carbons (Fsp3) is 0.0556. The Morgan fingerprint density at radius 3 is 2.33 bits per heavy atom. The van der Waals surface area contributed by atoms with Crippen molar-refractivity contribution in [2.24, 2.45) is 0 Å². The van der Waals surface area contributed by atoms with Gasteiger partial charge in [0.2, 0.25) is 0 Å². The van der Waals surface area contributed by atoms with Gasteiger partial charge in [-0.15, -0.1) is 0 Å². The standard InChI is InChI=1S/C18H14FNO/c19-17-9-5-4-8-16(17)15-10-11-18(21)20(13-15)12-14-6-2-1-3-7-14/h1-11,13H,12H2. The molecule has 0 amide bonds. The van der Waals surface area contributed by atoms with Crippen molar-refractivity contribution < 1.29 is 4.39 Å². The molecule has 2 nitrogen and oxygen atoms in total. The van der Waals surface area contributed by atoms with Crippen LogP contribution in [0.15, 0.2) is 77.7 Å². The minimum atomic E-state index is -0.289. The summed E-state index contributed by atoms with van der Waals surface area (Å²) < 4.78 is 15.4. The Hall–Kier alpha value is -2.68. The number of hydrogen-bond donors (Lipinski definition) is 0. The molecule has 104 valence electrons. The average molecular weight is 279 g/mol. The summed E-state index contributed by atoms with van der Waals surface area (Å²) in [6.07, 6.45) is 1.70. The van der Waals surface area contributed by atoms with Crippen molar-refractivity contribution in [2.75, 3.05) is 0 Å². The molecule has 21 heavy (non-hydrogen) atoms. The predicted octanol–water partition coefficient (Wildman–Crippen LogP) is 3.70. The van der Waals surface area contributed by atoms with E-state index < -0.39 is 0 Å². The maximum Gasteiger partial charge on any atom is 0.250 e. The number of pyridine rings is 1. The third kappa shape index (κ3) is 2.92. The van der Waals surface area contributed by atoms with Crippen LogP contribution in [0.1, 0.15) is 5.56 Å². The summed E-state index contributed by atoms with van der Waals surface area (Å²) in [5.41, 5.74) is 2.13. The van der Waals surface area contributed by atoms with Crippen molar-refractivity contribution in [3.05, 3.63) is 94.7 Å². The van der Waals surface area contributed by atoms with Crippen molar-refractivity contribution in [2.45, 2.75) is 6.54 Å². The highest BCUT2D eigenvalue weighted by Crippen LogP contribution is 2.21. The number of hydrogen-bond acceptors (Lipinski definition) is 1. The highest BCUT2D eigenvalue weighted by atomic mass is 19.1. The highest BCUT2D eigenvalue weighted by Gasteiger charge is 2.06. The zero-order chi connectivity index (χ0) is 14.7. The van der Waals surface area contributed by atoms with E-state index in [0.29, 0.717) is 17.7 Å². The van der Waals surface area contributed by atoms with Gasteiger partial charge < -0.3 is 4.57 Å². The van der Waals surface area contributed by atoms with Crippen molar-refractivity contribution in [3.63, 3.8) is 0 Å². The third-order valence-corrected chi connectivity index (χ3v) is 3.36. The van der Waals surface area contributed by atoms with E-state index in [-0.39, 0.29) is 11.4 Å². The van der Waals surface area contributed by atoms with E-state index >= 15 is 0 Å². The molecule has 0 saturated carbocycles. The van der Waals surface area contributed by atoms with Crippen LogP contribution >= 0.6 is 0 Å². The van der Waals surface area contributed by atoms with Crippen LogP contribution in [0.3, 0.4) is 0 Å². The lowest BCUT2D eigenvalue weighted by Crippen LogP contribution is -2.19. The zero-order valence-corrected chi connectivity index (χ0v) is 11.4. The lowest BCUT2D eigenvalue weighted by atomic mass is 10.1. The van der Waals surface area contributed by atoms with Gasteiger partial charge in [-0.25, -0.2) is 4.39 Å². The van der Waals surface area contributed by atoms with Crippen LogP contribution in [0.2, 0.25) is 0 Å². The lowest BCUT2D eigenvalue weighted by molar-refractivity contribution is 0.631. The van der Waals surface area contributed by atoms with Crippen molar-refractivity contribution >= 4 is 0 Å². The molecule has 0 spiro atoms. The van der Waals surface area contributed by atoms with Gasteiger partial charge in [0.1, 0.15) is 5.82 Å². The minimum absolute atomic E-state index is 0.0982. The van der Waals surface area contributed by atoms with Crippen molar-refractivity contribution in [1.82, 2.24) is 4.57 Å². The first-order valence-corrected chi connectivity index (χ1v) is 6.73. The van der Waals surface area contributed by atoms with Crippen LogP contribution in [0.25, 0.3) is 11.1 Å². The first kappa shape index (κ1) is 13.3. The largest absolute Gasteiger partial charge is 0.310 e. The molecule has 0 radical (unpaired) electrons. The molecular weight excluding hydrogens is 265 g/mol. The summed E-state index contributed by atoms with van der Waals surface area (Å²) in [6.45, 7) is 0.474. The maximum atomic E-state index is 13.8. The van der Waals surface area contributed by atoms with Crippen LogP contribution in [-0.4, -0.2) is 4.57 Å². The van der Waals surface area contributed by atoms with Crippen LogP contribution < -0.4 is 5.56 Å².